The van der Waals surface area contributed by atoms with E-state index in [4.69, 9.17) is 15.2 Å². The molecule has 2 aromatic carbocycles. The average molecular weight is 227 g/mol. The minimum atomic E-state index is 0.307. The highest BCUT2D eigenvalue weighted by molar-refractivity contribution is 5.68. The Balaban J connectivity index is 2.03. The minimum absolute atomic E-state index is 0.307. The van der Waals surface area contributed by atoms with Gasteiger partial charge in [0.25, 0.3) is 0 Å². The first kappa shape index (κ1) is 10.2. The van der Waals surface area contributed by atoms with Gasteiger partial charge in [-0.25, -0.2) is 0 Å². The summed E-state index contributed by atoms with van der Waals surface area (Å²) in [7, 11) is 0. The molecule has 1 aliphatic heterocycles. The van der Waals surface area contributed by atoms with Crippen molar-refractivity contribution < 1.29 is 9.47 Å². The van der Waals surface area contributed by atoms with Gasteiger partial charge in [0, 0.05) is 6.54 Å². The molecular weight excluding hydrogens is 214 g/mol. The van der Waals surface area contributed by atoms with Crippen molar-refractivity contribution in [1.29, 1.82) is 0 Å². The van der Waals surface area contributed by atoms with Crippen LogP contribution in [0.15, 0.2) is 42.5 Å². The van der Waals surface area contributed by atoms with Crippen LogP contribution >= 0.6 is 0 Å². The summed E-state index contributed by atoms with van der Waals surface area (Å²) in [5.74, 6) is 1.62. The third-order valence-electron chi connectivity index (χ3n) is 2.87. The van der Waals surface area contributed by atoms with E-state index in [0.717, 1.165) is 28.2 Å². The smallest absolute Gasteiger partial charge is 0.231 e. The zero-order chi connectivity index (χ0) is 11.7. The van der Waals surface area contributed by atoms with E-state index in [1.54, 1.807) is 0 Å². The summed E-state index contributed by atoms with van der Waals surface area (Å²) in [6, 6.07) is 14.2. The van der Waals surface area contributed by atoms with Gasteiger partial charge in [0.15, 0.2) is 11.5 Å². The lowest BCUT2D eigenvalue weighted by Gasteiger charge is -2.05. The molecule has 0 saturated heterocycles. The van der Waals surface area contributed by atoms with Gasteiger partial charge in [-0.3, -0.25) is 0 Å². The van der Waals surface area contributed by atoms with Crippen molar-refractivity contribution in [3.63, 3.8) is 0 Å². The zero-order valence-corrected chi connectivity index (χ0v) is 9.35. The normalized spacial score (nSPS) is 12.8. The van der Waals surface area contributed by atoms with Crippen LogP contribution < -0.4 is 15.2 Å². The number of fused-ring (bicyclic) bond motifs is 1. The van der Waals surface area contributed by atoms with Crippen molar-refractivity contribution in [1.82, 2.24) is 0 Å². The molecule has 1 aliphatic rings. The molecule has 3 rings (SSSR count). The molecule has 2 N–H and O–H groups in total. The van der Waals surface area contributed by atoms with Crippen molar-refractivity contribution in [2.45, 2.75) is 6.54 Å². The Bertz CT molecular complexity index is 552. The Morgan fingerprint density at radius 3 is 2.65 bits per heavy atom. The quantitative estimate of drug-likeness (QED) is 0.857. The van der Waals surface area contributed by atoms with E-state index in [1.165, 1.54) is 0 Å². The first-order valence-electron chi connectivity index (χ1n) is 5.56. The number of nitrogens with two attached hydrogens (primary N) is 1. The molecule has 0 aromatic heterocycles. The molecule has 0 saturated carbocycles. The number of hydrogen-bond acceptors (Lipinski definition) is 3. The van der Waals surface area contributed by atoms with E-state index < -0.39 is 0 Å². The van der Waals surface area contributed by atoms with Crippen LogP contribution in [-0.4, -0.2) is 6.79 Å². The summed E-state index contributed by atoms with van der Waals surface area (Å²) in [5.41, 5.74) is 9.03. The van der Waals surface area contributed by atoms with E-state index in [-0.39, 0.29) is 0 Å². The van der Waals surface area contributed by atoms with Crippen LogP contribution in [0, 0.1) is 0 Å². The first-order chi connectivity index (χ1) is 8.36. The predicted octanol–water partition coefficient (Wildman–Crippen LogP) is 2.54. The fourth-order valence-corrected chi connectivity index (χ4v) is 1.95. The van der Waals surface area contributed by atoms with E-state index in [1.807, 2.05) is 30.3 Å². The van der Waals surface area contributed by atoms with Crippen molar-refractivity contribution in [2.75, 3.05) is 6.79 Å². The molecule has 2 aromatic rings. The van der Waals surface area contributed by atoms with Crippen LogP contribution in [0.2, 0.25) is 0 Å². The first-order valence-corrected chi connectivity index (χ1v) is 5.56. The average Bonchev–Trinajstić information content (AvgIpc) is 2.86. The molecule has 1 heterocycles. The van der Waals surface area contributed by atoms with Gasteiger partial charge in [-0.1, -0.05) is 24.3 Å². The Morgan fingerprint density at radius 1 is 0.941 bits per heavy atom. The Kier molecular flexibility index (Phi) is 2.46. The number of ether oxygens (including phenoxy) is 2. The fourth-order valence-electron chi connectivity index (χ4n) is 1.95. The van der Waals surface area contributed by atoms with Crippen molar-refractivity contribution >= 4 is 0 Å². The van der Waals surface area contributed by atoms with E-state index >= 15 is 0 Å². The highest BCUT2D eigenvalue weighted by atomic mass is 16.7. The van der Waals surface area contributed by atoms with E-state index in [0.29, 0.717) is 13.3 Å². The van der Waals surface area contributed by atoms with Gasteiger partial charge in [0.05, 0.1) is 0 Å². The maximum atomic E-state index is 5.64. The van der Waals surface area contributed by atoms with Crippen molar-refractivity contribution in [3.8, 4) is 22.6 Å². The number of benzene rings is 2. The minimum Gasteiger partial charge on any atom is -0.454 e. The third-order valence-corrected chi connectivity index (χ3v) is 2.87. The van der Waals surface area contributed by atoms with Crippen LogP contribution in [0.4, 0.5) is 0 Å². The molecule has 0 spiro atoms. The van der Waals surface area contributed by atoms with E-state index in [2.05, 4.69) is 12.1 Å². The second-order valence-electron chi connectivity index (χ2n) is 3.97. The van der Waals surface area contributed by atoms with Gasteiger partial charge in [-0.2, -0.15) is 0 Å². The van der Waals surface area contributed by atoms with Crippen LogP contribution in [0.5, 0.6) is 11.5 Å². The van der Waals surface area contributed by atoms with Gasteiger partial charge in [-0.15, -0.1) is 0 Å². The Morgan fingerprint density at radius 2 is 1.76 bits per heavy atom. The second kappa shape index (κ2) is 4.11. The lowest BCUT2D eigenvalue weighted by atomic mass is 10.0. The topological polar surface area (TPSA) is 44.5 Å². The second-order valence-corrected chi connectivity index (χ2v) is 3.97. The van der Waals surface area contributed by atoms with Crippen LogP contribution in [0.1, 0.15) is 5.56 Å². The van der Waals surface area contributed by atoms with Gasteiger partial charge in [0.2, 0.25) is 6.79 Å². The Labute approximate surface area is 99.8 Å². The lowest BCUT2D eigenvalue weighted by molar-refractivity contribution is 0.174. The van der Waals surface area contributed by atoms with Crippen LogP contribution in [0.25, 0.3) is 11.1 Å². The third kappa shape index (κ3) is 1.85. The van der Waals surface area contributed by atoms with Gasteiger partial charge in [-0.05, 0) is 34.9 Å². The van der Waals surface area contributed by atoms with Crippen LogP contribution in [0.3, 0.4) is 0 Å². The molecule has 0 atom stereocenters. The molecule has 0 amide bonds. The SMILES string of the molecule is NCc1cccc(-c2ccc3c(c2)OCO3)c1. The molecule has 86 valence electrons. The van der Waals surface area contributed by atoms with Gasteiger partial charge < -0.3 is 15.2 Å². The molecule has 3 nitrogen and oxygen atoms in total. The molecule has 0 unspecified atom stereocenters. The summed E-state index contributed by atoms with van der Waals surface area (Å²) < 4.78 is 10.7. The monoisotopic (exact) mass is 227 g/mol. The zero-order valence-electron chi connectivity index (χ0n) is 9.35. The number of hydrogen-bond donors (Lipinski definition) is 1. The maximum absolute atomic E-state index is 5.64. The van der Waals surface area contributed by atoms with Gasteiger partial charge in [0.1, 0.15) is 0 Å². The van der Waals surface area contributed by atoms with Crippen molar-refractivity contribution in [3.05, 3.63) is 48.0 Å². The van der Waals surface area contributed by atoms with E-state index in [9.17, 15) is 0 Å². The fraction of sp³-hybridized carbons (Fsp3) is 0.143. The van der Waals surface area contributed by atoms with Crippen LogP contribution in [-0.2, 0) is 6.54 Å². The number of rotatable bonds is 2. The molecule has 0 radical (unpaired) electrons. The summed E-state index contributed by atoms with van der Waals surface area (Å²) >= 11 is 0. The molecule has 17 heavy (non-hydrogen) atoms. The Hall–Kier alpha value is -2.00. The summed E-state index contributed by atoms with van der Waals surface area (Å²) in [5, 5.41) is 0. The molecule has 0 bridgehead atoms. The van der Waals surface area contributed by atoms with Gasteiger partial charge >= 0.3 is 0 Å². The maximum Gasteiger partial charge on any atom is 0.231 e. The summed E-state index contributed by atoms with van der Waals surface area (Å²) in [6.07, 6.45) is 0. The molecule has 0 fully saturated rings. The summed E-state index contributed by atoms with van der Waals surface area (Å²) in [6.45, 7) is 0.861. The predicted molar refractivity (Wildman–Crippen MR) is 65.9 cm³/mol. The highest BCUT2D eigenvalue weighted by Gasteiger charge is 2.13. The molecule has 3 heteroatoms. The lowest BCUT2D eigenvalue weighted by Crippen LogP contribution is -1.95. The molecular formula is C14H13NO2. The standard InChI is InChI=1S/C14H13NO2/c15-8-10-2-1-3-11(6-10)12-4-5-13-14(7-12)17-9-16-13/h1-7H,8-9,15H2. The largest absolute Gasteiger partial charge is 0.454 e. The highest BCUT2D eigenvalue weighted by Crippen LogP contribution is 2.35. The summed E-state index contributed by atoms with van der Waals surface area (Å²) in [4.78, 5) is 0. The van der Waals surface area contributed by atoms with Crippen molar-refractivity contribution in [2.24, 2.45) is 5.73 Å². The molecule has 0 aliphatic carbocycles.